The number of carbonyl (C=O) groups excluding carboxylic acids is 2. The summed E-state index contributed by atoms with van der Waals surface area (Å²) < 4.78 is 12.8. The first-order chi connectivity index (χ1) is 9.93. The van der Waals surface area contributed by atoms with Crippen molar-refractivity contribution in [2.24, 2.45) is 0 Å². The van der Waals surface area contributed by atoms with Crippen LogP contribution in [0, 0.1) is 17.1 Å². The first-order valence-corrected chi connectivity index (χ1v) is 6.29. The third-order valence-corrected chi connectivity index (χ3v) is 2.62. The molecule has 1 atom stereocenters. The maximum atomic E-state index is 12.8. The molecule has 110 valence electrons. The zero-order valence-electron chi connectivity index (χ0n) is 11.6. The average Bonchev–Trinajstić information content (AvgIpc) is 2.44. The second-order valence-corrected chi connectivity index (χ2v) is 4.57. The fourth-order valence-corrected chi connectivity index (χ4v) is 1.65. The second kappa shape index (κ2) is 7.80. The molecule has 0 aromatic heterocycles. The minimum Gasteiger partial charge on any atom is -0.341 e. The van der Waals surface area contributed by atoms with Gasteiger partial charge in [0.15, 0.2) is 0 Å². The molecule has 5 nitrogen and oxygen atoms in total. The van der Waals surface area contributed by atoms with Gasteiger partial charge in [-0.15, -0.1) is 6.58 Å². The van der Waals surface area contributed by atoms with Crippen LogP contribution in [0.4, 0.5) is 4.39 Å². The van der Waals surface area contributed by atoms with Gasteiger partial charge < -0.3 is 10.6 Å². The number of nitrogens with zero attached hydrogens (tertiary/aromatic N) is 1. The zero-order chi connectivity index (χ0) is 15.8. The van der Waals surface area contributed by atoms with Crippen molar-refractivity contribution in [2.75, 3.05) is 6.54 Å². The van der Waals surface area contributed by atoms with Gasteiger partial charge in [0, 0.05) is 5.56 Å². The number of hydrogen-bond acceptors (Lipinski definition) is 3. The van der Waals surface area contributed by atoms with E-state index in [1.165, 1.54) is 24.3 Å². The highest BCUT2D eigenvalue weighted by Gasteiger charge is 2.21. The molecule has 0 aliphatic rings. The van der Waals surface area contributed by atoms with E-state index < -0.39 is 23.7 Å². The number of nitriles is 1. The van der Waals surface area contributed by atoms with E-state index in [9.17, 15) is 14.0 Å². The number of halogens is 1. The lowest BCUT2D eigenvalue weighted by Gasteiger charge is -2.17. The molecule has 1 aromatic carbocycles. The summed E-state index contributed by atoms with van der Waals surface area (Å²) >= 11 is 0. The molecule has 0 fully saturated rings. The van der Waals surface area contributed by atoms with Crippen molar-refractivity contribution in [1.82, 2.24) is 10.6 Å². The standard InChI is InChI=1S/C15H16FN3O2/c1-10(2)9-13(15(21)18-8-7-17)19-14(20)11-3-5-12(16)6-4-11/h3-6,13H,1,8-9H2,2H3,(H,18,21)(H,19,20). The Kier molecular flexibility index (Phi) is 6.08. The first-order valence-electron chi connectivity index (χ1n) is 6.29. The van der Waals surface area contributed by atoms with Crippen LogP contribution in [0.15, 0.2) is 36.4 Å². The van der Waals surface area contributed by atoms with Gasteiger partial charge in [-0.3, -0.25) is 9.59 Å². The molecule has 2 amide bonds. The van der Waals surface area contributed by atoms with Gasteiger partial charge in [0.1, 0.15) is 18.4 Å². The van der Waals surface area contributed by atoms with Gasteiger partial charge in [-0.1, -0.05) is 5.57 Å². The van der Waals surface area contributed by atoms with Gasteiger partial charge in [-0.2, -0.15) is 5.26 Å². The Balaban J connectivity index is 2.78. The largest absolute Gasteiger partial charge is 0.341 e. The topological polar surface area (TPSA) is 82.0 Å². The molecule has 0 spiro atoms. The molecule has 0 radical (unpaired) electrons. The van der Waals surface area contributed by atoms with Gasteiger partial charge in [0.25, 0.3) is 5.91 Å². The lowest BCUT2D eigenvalue weighted by molar-refractivity contribution is -0.122. The van der Waals surface area contributed by atoms with Crippen molar-refractivity contribution in [3.05, 3.63) is 47.8 Å². The normalized spacial score (nSPS) is 11.1. The van der Waals surface area contributed by atoms with Crippen molar-refractivity contribution < 1.29 is 14.0 Å². The number of nitrogens with one attached hydrogen (secondary N) is 2. The van der Waals surface area contributed by atoms with Gasteiger partial charge in [-0.25, -0.2) is 4.39 Å². The lowest BCUT2D eigenvalue weighted by atomic mass is 10.1. The van der Waals surface area contributed by atoms with E-state index in [1.54, 1.807) is 13.0 Å². The molecule has 2 N–H and O–H groups in total. The maximum Gasteiger partial charge on any atom is 0.251 e. The third kappa shape index (κ3) is 5.45. The Bertz CT molecular complexity index is 576. The molecule has 0 heterocycles. The number of hydrogen-bond donors (Lipinski definition) is 2. The molecular formula is C15H16FN3O2. The van der Waals surface area contributed by atoms with Crippen molar-refractivity contribution in [3.63, 3.8) is 0 Å². The SMILES string of the molecule is C=C(C)CC(NC(=O)c1ccc(F)cc1)C(=O)NCC#N. The minimum atomic E-state index is -0.826. The summed E-state index contributed by atoms with van der Waals surface area (Å²) in [5.41, 5.74) is 0.961. The number of benzene rings is 1. The lowest BCUT2D eigenvalue weighted by Crippen LogP contribution is -2.47. The van der Waals surface area contributed by atoms with Crippen LogP contribution in [0.5, 0.6) is 0 Å². The smallest absolute Gasteiger partial charge is 0.251 e. The fourth-order valence-electron chi connectivity index (χ4n) is 1.65. The minimum absolute atomic E-state index is 0.141. The molecule has 0 aliphatic heterocycles. The molecule has 21 heavy (non-hydrogen) atoms. The quantitative estimate of drug-likeness (QED) is 0.615. The zero-order valence-corrected chi connectivity index (χ0v) is 11.6. The van der Waals surface area contributed by atoms with Gasteiger partial charge in [0.2, 0.25) is 5.91 Å². The van der Waals surface area contributed by atoms with Gasteiger partial charge in [0.05, 0.1) is 6.07 Å². The van der Waals surface area contributed by atoms with Crippen LogP contribution in [-0.4, -0.2) is 24.4 Å². The Hall–Kier alpha value is -2.68. The van der Waals surface area contributed by atoms with Crippen LogP contribution in [-0.2, 0) is 4.79 Å². The van der Waals surface area contributed by atoms with E-state index >= 15 is 0 Å². The van der Waals surface area contributed by atoms with Crippen molar-refractivity contribution in [3.8, 4) is 6.07 Å². The van der Waals surface area contributed by atoms with Crippen LogP contribution in [0.2, 0.25) is 0 Å². The first kappa shape index (κ1) is 16.4. The molecule has 0 aliphatic carbocycles. The fraction of sp³-hybridized carbons (Fsp3) is 0.267. The number of rotatable bonds is 6. The van der Waals surface area contributed by atoms with Crippen LogP contribution in [0.25, 0.3) is 0 Å². The summed E-state index contributed by atoms with van der Waals surface area (Å²) in [5, 5.41) is 13.4. The molecular weight excluding hydrogens is 273 g/mol. The highest BCUT2D eigenvalue weighted by Crippen LogP contribution is 2.06. The van der Waals surface area contributed by atoms with Crippen molar-refractivity contribution >= 4 is 11.8 Å². The van der Waals surface area contributed by atoms with E-state index in [-0.39, 0.29) is 18.5 Å². The van der Waals surface area contributed by atoms with E-state index in [2.05, 4.69) is 17.2 Å². The molecule has 1 unspecified atom stereocenters. The van der Waals surface area contributed by atoms with E-state index in [4.69, 9.17) is 5.26 Å². The Morgan fingerprint density at radius 3 is 2.52 bits per heavy atom. The molecule has 1 rings (SSSR count). The van der Waals surface area contributed by atoms with E-state index in [0.29, 0.717) is 5.57 Å². The highest BCUT2D eigenvalue weighted by atomic mass is 19.1. The summed E-state index contributed by atoms with van der Waals surface area (Å²) in [6.45, 7) is 5.29. The third-order valence-electron chi connectivity index (χ3n) is 2.62. The monoisotopic (exact) mass is 289 g/mol. The average molecular weight is 289 g/mol. The van der Waals surface area contributed by atoms with Gasteiger partial charge in [-0.05, 0) is 37.6 Å². The Morgan fingerprint density at radius 1 is 1.38 bits per heavy atom. The Morgan fingerprint density at radius 2 is 2.00 bits per heavy atom. The summed E-state index contributed by atoms with van der Waals surface area (Å²) in [6.07, 6.45) is 0.254. The van der Waals surface area contributed by atoms with E-state index in [1.807, 2.05) is 0 Å². The van der Waals surface area contributed by atoms with Crippen LogP contribution >= 0.6 is 0 Å². The van der Waals surface area contributed by atoms with Crippen LogP contribution in [0.3, 0.4) is 0 Å². The molecule has 0 bridgehead atoms. The molecule has 0 saturated carbocycles. The van der Waals surface area contributed by atoms with Crippen LogP contribution < -0.4 is 10.6 Å². The number of carbonyl (C=O) groups is 2. The number of amides is 2. The maximum absolute atomic E-state index is 12.8. The summed E-state index contributed by atoms with van der Waals surface area (Å²) in [4.78, 5) is 23.9. The molecule has 6 heteroatoms. The summed E-state index contributed by atoms with van der Waals surface area (Å²) in [5.74, 6) is -1.40. The highest BCUT2D eigenvalue weighted by molar-refractivity contribution is 5.97. The van der Waals surface area contributed by atoms with Crippen molar-refractivity contribution in [2.45, 2.75) is 19.4 Å². The molecule has 0 saturated heterocycles. The predicted octanol–water partition coefficient (Wildman–Crippen LogP) is 1.53. The summed E-state index contributed by atoms with van der Waals surface area (Å²) in [7, 11) is 0. The van der Waals surface area contributed by atoms with Gasteiger partial charge >= 0.3 is 0 Å². The Labute approximate surface area is 122 Å². The predicted molar refractivity (Wildman–Crippen MR) is 75.7 cm³/mol. The second-order valence-electron chi connectivity index (χ2n) is 4.57. The molecule has 1 aromatic rings. The van der Waals surface area contributed by atoms with Crippen molar-refractivity contribution in [1.29, 1.82) is 5.26 Å². The van der Waals surface area contributed by atoms with E-state index in [0.717, 1.165) is 0 Å². The summed E-state index contributed by atoms with van der Waals surface area (Å²) in [6, 6.07) is 5.95. The van der Waals surface area contributed by atoms with Crippen LogP contribution in [0.1, 0.15) is 23.7 Å².